The summed E-state index contributed by atoms with van der Waals surface area (Å²) in [5.41, 5.74) is 3.49. The van der Waals surface area contributed by atoms with Crippen molar-refractivity contribution >= 4 is 18.0 Å². The third-order valence-corrected chi connectivity index (χ3v) is 6.08. The largest absolute Gasteiger partial charge is 0.480 e. The summed E-state index contributed by atoms with van der Waals surface area (Å²) in [4.78, 5) is 36.6. The standard InChI is InChI=1S/C26H32N2O6/c1-26(2,24(31)28-22(23(29)30)13-8-14-33-3)16-27-25(32)34-15-21-19-11-6-4-9-17(19)18-10-5-7-12-20(18)21/h4-7,9-12,21-22H,8,13-16H2,1-3H3,(H,27,32)(H,28,31)(H,29,30). The zero-order valence-corrected chi connectivity index (χ0v) is 19.8. The smallest absolute Gasteiger partial charge is 0.407 e. The van der Waals surface area contributed by atoms with E-state index >= 15 is 0 Å². The first-order valence-electron chi connectivity index (χ1n) is 11.4. The Morgan fingerprint density at radius 2 is 1.62 bits per heavy atom. The van der Waals surface area contributed by atoms with Crippen molar-refractivity contribution < 1.29 is 29.0 Å². The van der Waals surface area contributed by atoms with Crippen LogP contribution in [0.5, 0.6) is 0 Å². The van der Waals surface area contributed by atoms with Gasteiger partial charge in [0, 0.05) is 26.2 Å². The number of carbonyl (C=O) groups is 3. The van der Waals surface area contributed by atoms with E-state index < -0.39 is 29.4 Å². The number of aliphatic carboxylic acids is 1. The molecule has 0 radical (unpaired) electrons. The molecule has 0 bridgehead atoms. The first-order valence-corrected chi connectivity index (χ1v) is 11.4. The van der Waals surface area contributed by atoms with E-state index in [0.29, 0.717) is 13.0 Å². The number of methoxy groups -OCH3 is 1. The average Bonchev–Trinajstić information content (AvgIpc) is 3.14. The SMILES string of the molecule is COCCCC(NC(=O)C(C)(C)CNC(=O)OCC1c2ccccc2-c2ccccc21)C(=O)O. The van der Waals surface area contributed by atoms with E-state index in [9.17, 15) is 19.5 Å². The van der Waals surface area contributed by atoms with Crippen molar-refractivity contribution in [2.45, 2.75) is 38.6 Å². The van der Waals surface area contributed by atoms with Crippen LogP contribution in [0.25, 0.3) is 11.1 Å². The van der Waals surface area contributed by atoms with Gasteiger partial charge in [0.25, 0.3) is 0 Å². The first-order chi connectivity index (χ1) is 16.2. The van der Waals surface area contributed by atoms with Gasteiger partial charge < -0.3 is 25.2 Å². The van der Waals surface area contributed by atoms with Crippen LogP contribution < -0.4 is 10.6 Å². The number of rotatable bonds is 11. The quantitative estimate of drug-likeness (QED) is 0.435. The lowest BCUT2D eigenvalue weighted by atomic mass is 9.91. The number of fused-ring (bicyclic) bond motifs is 3. The van der Waals surface area contributed by atoms with Crippen molar-refractivity contribution in [1.29, 1.82) is 0 Å². The molecule has 2 aromatic rings. The Morgan fingerprint density at radius 3 is 2.18 bits per heavy atom. The van der Waals surface area contributed by atoms with Crippen molar-refractivity contribution in [3.63, 3.8) is 0 Å². The van der Waals surface area contributed by atoms with Crippen molar-refractivity contribution in [3.05, 3.63) is 59.7 Å². The molecule has 2 aromatic carbocycles. The summed E-state index contributed by atoms with van der Waals surface area (Å²) in [6, 6.07) is 15.1. The van der Waals surface area contributed by atoms with Gasteiger partial charge >= 0.3 is 12.1 Å². The van der Waals surface area contributed by atoms with Crippen molar-refractivity contribution in [3.8, 4) is 11.1 Å². The lowest BCUT2D eigenvalue weighted by Gasteiger charge is -2.26. The molecule has 3 N–H and O–H groups in total. The zero-order valence-electron chi connectivity index (χ0n) is 19.8. The Labute approximate surface area is 199 Å². The molecule has 1 aliphatic rings. The lowest BCUT2D eigenvalue weighted by molar-refractivity contribution is -0.143. The van der Waals surface area contributed by atoms with Crippen LogP contribution in [0.3, 0.4) is 0 Å². The zero-order chi connectivity index (χ0) is 24.7. The highest BCUT2D eigenvalue weighted by molar-refractivity contribution is 5.87. The molecule has 1 aliphatic carbocycles. The van der Waals surface area contributed by atoms with Crippen LogP contribution in [0.2, 0.25) is 0 Å². The van der Waals surface area contributed by atoms with Crippen LogP contribution in [0, 0.1) is 5.41 Å². The number of carbonyl (C=O) groups excluding carboxylic acids is 2. The molecule has 0 heterocycles. The molecule has 0 fully saturated rings. The molecule has 1 atom stereocenters. The number of alkyl carbamates (subject to hydrolysis) is 1. The fourth-order valence-electron chi connectivity index (χ4n) is 4.07. The third-order valence-electron chi connectivity index (χ3n) is 6.08. The molecule has 2 amide bonds. The van der Waals surface area contributed by atoms with Gasteiger partial charge in [-0.05, 0) is 48.9 Å². The second-order valence-corrected chi connectivity index (χ2v) is 9.06. The van der Waals surface area contributed by atoms with Crippen molar-refractivity contribution in [2.75, 3.05) is 26.9 Å². The van der Waals surface area contributed by atoms with Crippen LogP contribution >= 0.6 is 0 Å². The fraction of sp³-hybridized carbons (Fsp3) is 0.423. The van der Waals surface area contributed by atoms with E-state index in [2.05, 4.69) is 22.8 Å². The summed E-state index contributed by atoms with van der Waals surface area (Å²) >= 11 is 0. The molecule has 3 rings (SSSR count). The van der Waals surface area contributed by atoms with Gasteiger partial charge in [-0.3, -0.25) is 4.79 Å². The maximum atomic E-state index is 12.7. The van der Waals surface area contributed by atoms with Crippen LogP contribution in [-0.4, -0.2) is 56.0 Å². The van der Waals surface area contributed by atoms with Crippen LogP contribution in [0.1, 0.15) is 43.7 Å². The molecular weight excluding hydrogens is 436 g/mol. The van der Waals surface area contributed by atoms with Gasteiger partial charge in [-0.15, -0.1) is 0 Å². The molecule has 182 valence electrons. The predicted octanol–water partition coefficient (Wildman–Crippen LogP) is 3.55. The van der Waals surface area contributed by atoms with E-state index in [1.165, 1.54) is 7.11 Å². The Kier molecular flexibility index (Phi) is 8.28. The first kappa shape index (κ1) is 25.2. The summed E-state index contributed by atoms with van der Waals surface area (Å²) in [5, 5.41) is 14.6. The van der Waals surface area contributed by atoms with Crippen LogP contribution in [0.4, 0.5) is 4.79 Å². The van der Waals surface area contributed by atoms with E-state index in [-0.39, 0.29) is 25.5 Å². The molecule has 0 aliphatic heterocycles. The molecule has 0 saturated carbocycles. The minimum Gasteiger partial charge on any atom is -0.480 e. The number of hydrogen-bond acceptors (Lipinski definition) is 5. The van der Waals surface area contributed by atoms with Gasteiger partial charge in [0.05, 0.1) is 5.41 Å². The van der Waals surface area contributed by atoms with Crippen LogP contribution in [0.15, 0.2) is 48.5 Å². The minimum atomic E-state index is -1.11. The lowest BCUT2D eigenvalue weighted by Crippen LogP contribution is -2.50. The van der Waals surface area contributed by atoms with Gasteiger partial charge in [-0.25, -0.2) is 9.59 Å². The number of hydrogen-bond donors (Lipinski definition) is 3. The predicted molar refractivity (Wildman–Crippen MR) is 128 cm³/mol. The molecular formula is C26H32N2O6. The van der Waals surface area contributed by atoms with Crippen molar-refractivity contribution in [2.24, 2.45) is 5.41 Å². The van der Waals surface area contributed by atoms with Gasteiger partial charge in [-0.1, -0.05) is 48.5 Å². The fourth-order valence-corrected chi connectivity index (χ4v) is 4.07. The number of ether oxygens (including phenoxy) is 2. The second kappa shape index (κ2) is 11.2. The van der Waals surface area contributed by atoms with E-state index in [0.717, 1.165) is 22.3 Å². The third kappa shape index (κ3) is 5.94. The molecule has 34 heavy (non-hydrogen) atoms. The number of amides is 2. The Balaban J connectivity index is 1.53. The summed E-state index contributed by atoms with van der Waals surface area (Å²) in [5.74, 6) is -1.63. The Bertz CT molecular complexity index is 990. The van der Waals surface area contributed by atoms with Gasteiger partial charge in [0.15, 0.2) is 0 Å². The minimum absolute atomic E-state index is 0.0000819. The molecule has 0 aromatic heterocycles. The average molecular weight is 469 g/mol. The maximum Gasteiger partial charge on any atom is 0.407 e. The maximum absolute atomic E-state index is 12.7. The molecule has 8 nitrogen and oxygen atoms in total. The summed E-state index contributed by atoms with van der Waals surface area (Å²) in [6.07, 6.45) is 0.134. The number of benzene rings is 2. The molecule has 0 spiro atoms. The topological polar surface area (TPSA) is 114 Å². The highest BCUT2D eigenvalue weighted by Gasteiger charge is 2.33. The second-order valence-electron chi connectivity index (χ2n) is 9.06. The Hall–Kier alpha value is -3.39. The van der Waals surface area contributed by atoms with E-state index in [1.54, 1.807) is 13.8 Å². The number of carboxylic acid groups (broad SMARTS) is 1. The molecule has 8 heteroatoms. The summed E-state index contributed by atoms with van der Waals surface area (Å²) in [6.45, 7) is 3.86. The molecule has 0 saturated heterocycles. The van der Waals surface area contributed by atoms with E-state index in [4.69, 9.17) is 9.47 Å². The van der Waals surface area contributed by atoms with Crippen LogP contribution in [-0.2, 0) is 19.1 Å². The summed E-state index contributed by atoms with van der Waals surface area (Å²) < 4.78 is 10.5. The normalized spacial score (nSPS) is 13.5. The molecule has 1 unspecified atom stereocenters. The summed E-state index contributed by atoms with van der Waals surface area (Å²) in [7, 11) is 1.53. The number of nitrogens with one attached hydrogen (secondary N) is 2. The van der Waals surface area contributed by atoms with Gasteiger partial charge in [0.1, 0.15) is 12.6 Å². The van der Waals surface area contributed by atoms with Gasteiger partial charge in [-0.2, -0.15) is 0 Å². The highest BCUT2D eigenvalue weighted by atomic mass is 16.5. The Morgan fingerprint density at radius 1 is 1.03 bits per heavy atom. The monoisotopic (exact) mass is 468 g/mol. The van der Waals surface area contributed by atoms with Gasteiger partial charge in [0.2, 0.25) is 5.91 Å². The highest BCUT2D eigenvalue weighted by Crippen LogP contribution is 2.44. The van der Waals surface area contributed by atoms with Crippen molar-refractivity contribution in [1.82, 2.24) is 10.6 Å². The number of carboxylic acids is 1. The van der Waals surface area contributed by atoms with E-state index in [1.807, 2.05) is 36.4 Å².